The van der Waals surface area contributed by atoms with Gasteiger partial charge in [0.25, 0.3) is 0 Å². The fourth-order valence-corrected chi connectivity index (χ4v) is 3.31. The normalized spacial score (nSPS) is 13.8. The Balaban J connectivity index is 1.96. The van der Waals surface area contributed by atoms with E-state index in [0.717, 1.165) is 28.3 Å². The van der Waals surface area contributed by atoms with E-state index in [4.69, 9.17) is 8.83 Å². The highest BCUT2D eigenvalue weighted by atomic mass is 16.4. The summed E-state index contributed by atoms with van der Waals surface area (Å²) in [5, 5.41) is 14.1. The number of aryl methyl sites for hydroxylation is 2. The van der Waals surface area contributed by atoms with Gasteiger partial charge in [-0.3, -0.25) is 4.79 Å². The predicted molar refractivity (Wildman–Crippen MR) is 104 cm³/mol. The molecule has 144 valence electrons. The zero-order valence-corrected chi connectivity index (χ0v) is 16.1. The zero-order valence-electron chi connectivity index (χ0n) is 16.1. The average Bonchev–Trinajstić information content (AvgIpc) is 3.01. The number of carbonyl (C=O) groups is 1. The van der Waals surface area contributed by atoms with Gasteiger partial charge in [0, 0.05) is 16.8 Å². The number of aliphatic hydroxyl groups is 1. The van der Waals surface area contributed by atoms with Gasteiger partial charge in [0.15, 0.2) is 0 Å². The molecule has 0 bridgehead atoms. The minimum atomic E-state index is -0.526. The smallest absolute Gasteiger partial charge is 0.340 e. The Morgan fingerprint density at radius 1 is 1.22 bits per heavy atom. The third kappa shape index (κ3) is 3.62. The monoisotopic (exact) mass is 371 g/mol. The molecule has 3 aromatic rings. The molecule has 2 unspecified atom stereocenters. The molecule has 0 aliphatic heterocycles. The van der Waals surface area contributed by atoms with Crippen molar-refractivity contribution in [1.29, 1.82) is 0 Å². The van der Waals surface area contributed by atoms with Crippen molar-refractivity contribution in [2.45, 2.75) is 46.6 Å². The second kappa shape index (κ2) is 7.56. The van der Waals surface area contributed by atoms with Crippen molar-refractivity contribution < 1.29 is 18.7 Å². The third-order valence-corrected chi connectivity index (χ3v) is 5.39. The van der Waals surface area contributed by atoms with Crippen LogP contribution in [0, 0.1) is 19.8 Å². The highest BCUT2D eigenvalue weighted by Crippen LogP contribution is 2.28. The molecule has 1 amide bonds. The quantitative estimate of drug-likeness (QED) is 0.649. The summed E-state index contributed by atoms with van der Waals surface area (Å²) in [5.74, 6) is -0.157. The van der Waals surface area contributed by atoms with Gasteiger partial charge in [-0.2, -0.15) is 0 Å². The largest absolute Gasteiger partial charge is 0.464 e. The van der Waals surface area contributed by atoms with Gasteiger partial charge in [-0.05, 0) is 37.0 Å². The Morgan fingerprint density at radius 2 is 1.96 bits per heavy atom. The molecule has 0 spiro atoms. The van der Waals surface area contributed by atoms with Crippen molar-refractivity contribution in [1.82, 2.24) is 5.32 Å². The van der Waals surface area contributed by atoms with Crippen LogP contribution >= 0.6 is 0 Å². The molecule has 2 heterocycles. The lowest BCUT2D eigenvalue weighted by Gasteiger charge is -2.22. The van der Waals surface area contributed by atoms with Crippen LogP contribution in [-0.2, 0) is 11.2 Å². The van der Waals surface area contributed by atoms with Crippen molar-refractivity contribution >= 4 is 27.8 Å². The first-order valence-electron chi connectivity index (χ1n) is 9.20. The van der Waals surface area contributed by atoms with E-state index in [2.05, 4.69) is 5.32 Å². The highest BCUT2D eigenvalue weighted by Gasteiger charge is 2.20. The van der Waals surface area contributed by atoms with Gasteiger partial charge in [-0.15, -0.1) is 0 Å². The maximum atomic E-state index is 12.5. The van der Waals surface area contributed by atoms with Gasteiger partial charge in [-0.1, -0.05) is 20.3 Å². The van der Waals surface area contributed by atoms with Crippen molar-refractivity contribution in [3.05, 3.63) is 45.5 Å². The summed E-state index contributed by atoms with van der Waals surface area (Å²) in [6.45, 7) is 7.60. The van der Waals surface area contributed by atoms with E-state index in [9.17, 15) is 14.7 Å². The lowest BCUT2D eigenvalue weighted by Crippen LogP contribution is -2.43. The minimum Gasteiger partial charge on any atom is -0.464 e. The first-order valence-corrected chi connectivity index (χ1v) is 9.20. The lowest BCUT2D eigenvalue weighted by atomic mass is 9.98. The maximum absolute atomic E-state index is 12.5. The van der Waals surface area contributed by atoms with Gasteiger partial charge >= 0.3 is 5.63 Å². The Morgan fingerprint density at radius 3 is 2.63 bits per heavy atom. The van der Waals surface area contributed by atoms with Gasteiger partial charge in [0.1, 0.15) is 11.2 Å². The molecule has 6 heteroatoms. The van der Waals surface area contributed by atoms with Crippen molar-refractivity contribution in [2.75, 3.05) is 6.61 Å². The summed E-state index contributed by atoms with van der Waals surface area (Å²) in [6, 6.07) is 3.31. The Hall–Kier alpha value is -2.60. The molecule has 27 heavy (non-hydrogen) atoms. The Labute approximate surface area is 157 Å². The van der Waals surface area contributed by atoms with Gasteiger partial charge in [-0.25, -0.2) is 4.79 Å². The maximum Gasteiger partial charge on any atom is 0.340 e. The molecular weight excluding hydrogens is 346 g/mol. The van der Waals surface area contributed by atoms with Crippen LogP contribution in [0.5, 0.6) is 0 Å². The van der Waals surface area contributed by atoms with Crippen LogP contribution in [0.4, 0.5) is 0 Å². The van der Waals surface area contributed by atoms with Crippen molar-refractivity contribution in [2.24, 2.45) is 5.92 Å². The summed E-state index contributed by atoms with van der Waals surface area (Å²) in [7, 11) is 0. The van der Waals surface area contributed by atoms with Crippen LogP contribution in [-0.4, -0.2) is 23.7 Å². The Bertz CT molecular complexity index is 1050. The van der Waals surface area contributed by atoms with Crippen LogP contribution in [0.1, 0.15) is 37.0 Å². The summed E-state index contributed by atoms with van der Waals surface area (Å²) in [4.78, 5) is 24.9. The van der Waals surface area contributed by atoms with Crippen LogP contribution in [0.25, 0.3) is 21.9 Å². The van der Waals surface area contributed by atoms with Crippen LogP contribution < -0.4 is 10.9 Å². The van der Waals surface area contributed by atoms with E-state index in [1.807, 2.05) is 33.8 Å². The number of amides is 1. The number of fused-ring (bicyclic) bond motifs is 2. The first-order chi connectivity index (χ1) is 12.8. The van der Waals surface area contributed by atoms with Gasteiger partial charge < -0.3 is 19.3 Å². The molecule has 2 aromatic heterocycles. The molecule has 6 nitrogen and oxygen atoms in total. The molecule has 0 saturated heterocycles. The van der Waals surface area contributed by atoms with E-state index in [0.29, 0.717) is 16.7 Å². The number of carbonyl (C=O) groups excluding carboxylic acids is 1. The number of hydrogen-bond donors (Lipinski definition) is 2. The number of rotatable bonds is 6. The molecule has 0 radical (unpaired) electrons. The summed E-state index contributed by atoms with van der Waals surface area (Å²) in [5.41, 5.74) is 2.63. The zero-order chi connectivity index (χ0) is 19.7. The van der Waals surface area contributed by atoms with Gasteiger partial charge in [0.2, 0.25) is 5.91 Å². The number of hydrogen-bond acceptors (Lipinski definition) is 5. The SMILES string of the molecule is CCC(C)C(CO)NC(=O)Cc1c(C)c2cc3c(C)coc3cc2oc1=O. The molecule has 0 aliphatic carbocycles. The molecule has 3 rings (SSSR count). The van der Waals surface area contributed by atoms with E-state index >= 15 is 0 Å². The van der Waals surface area contributed by atoms with E-state index < -0.39 is 5.63 Å². The van der Waals surface area contributed by atoms with Crippen molar-refractivity contribution in [3.63, 3.8) is 0 Å². The van der Waals surface area contributed by atoms with E-state index in [1.54, 1.807) is 12.3 Å². The Kier molecular flexibility index (Phi) is 5.37. The molecule has 1 aromatic carbocycles. The second-order valence-corrected chi connectivity index (χ2v) is 7.18. The molecule has 0 aliphatic rings. The van der Waals surface area contributed by atoms with Crippen molar-refractivity contribution in [3.8, 4) is 0 Å². The summed E-state index contributed by atoms with van der Waals surface area (Å²) < 4.78 is 10.9. The standard InChI is InChI=1S/C21H25NO5/c1-5-11(2)17(9-23)22-20(24)7-16-13(4)15-6-14-12(3)10-26-18(14)8-19(15)27-21(16)25/h6,8,10-11,17,23H,5,7,9H2,1-4H3,(H,22,24). The summed E-state index contributed by atoms with van der Waals surface area (Å²) in [6.07, 6.45) is 2.41. The molecule has 2 N–H and O–H groups in total. The summed E-state index contributed by atoms with van der Waals surface area (Å²) >= 11 is 0. The van der Waals surface area contributed by atoms with Crippen LogP contribution in [0.2, 0.25) is 0 Å². The van der Waals surface area contributed by atoms with Crippen LogP contribution in [0.15, 0.2) is 32.0 Å². The molecule has 0 saturated carbocycles. The average molecular weight is 371 g/mol. The predicted octanol–water partition coefficient (Wildman–Crippen LogP) is 3.22. The fourth-order valence-electron chi connectivity index (χ4n) is 3.31. The fraction of sp³-hybridized carbons (Fsp3) is 0.429. The molecule has 0 fully saturated rings. The number of benzene rings is 1. The number of aliphatic hydroxyl groups excluding tert-OH is 1. The van der Waals surface area contributed by atoms with E-state index in [1.165, 1.54) is 0 Å². The minimum absolute atomic E-state index is 0.0839. The lowest BCUT2D eigenvalue weighted by molar-refractivity contribution is -0.121. The van der Waals surface area contributed by atoms with E-state index in [-0.39, 0.29) is 30.9 Å². The topological polar surface area (TPSA) is 92.7 Å². The molecule has 2 atom stereocenters. The highest BCUT2D eigenvalue weighted by molar-refractivity contribution is 5.96. The number of nitrogens with one attached hydrogen (secondary N) is 1. The second-order valence-electron chi connectivity index (χ2n) is 7.18. The van der Waals surface area contributed by atoms with Gasteiger partial charge in [0.05, 0.1) is 30.9 Å². The molecular formula is C21H25NO5. The number of furan rings is 1. The third-order valence-electron chi connectivity index (χ3n) is 5.39. The first kappa shape index (κ1) is 19.2. The van der Waals surface area contributed by atoms with Crippen LogP contribution in [0.3, 0.4) is 0 Å².